The normalized spacial score (nSPS) is 17.0. The summed E-state index contributed by atoms with van der Waals surface area (Å²) in [6, 6.07) is 15.5. The molecule has 0 unspecified atom stereocenters. The Labute approximate surface area is 254 Å². The molecule has 0 saturated carbocycles. The van der Waals surface area contributed by atoms with E-state index in [0.717, 1.165) is 19.9 Å². The van der Waals surface area contributed by atoms with Crippen molar-refractivity contribution in [1.29, 1.82) is 0 Å². The highest BCUT2D eigenvalue weighted by Crippen LogP contribution is 2.34. The molecule has 0 spiro atoms. The van der Waals surface area contributed by atoms with E-state index in [1.54, 1.807) is 57.2 Å². The van der Waals surface area contributed by atoms with Gasteiger partial charge < -0.3 is 5.32 Å². The molecule has 1 saturated heterocycles. The number of nitrogens with one attached hydrogen (secondary N) is 2. The van der Waals surface area contributed by atoms with Crippen LogP contribution in [0.3, 0.4) is 0 Å². The molecule has 232 valence electrons. The summed E-state index contributed by atoms with van der Waals surface area (Å²) in [5, 5.41) is 2.57. The Balaban J connectivity index is 1.52. The summed E-state index contributed by atoms with van der Waals surface area (Å²) in [6.45, 7) is 3.93. The molecule has 3 aromatic rings. The van der Waals surface area contributed by atoms with Gasteiger partial charge >= 0.3 is 0 Å². The maximum atomic E-state index is 13.8. The fraction of sp³-hybridized carbons (Fsp3) is 0.357. The molecule has 15 heteroatoms. The molecule has 1 aliphatic rings. The number of hydrogen-bond acceptors (Lipinski definition) is 8. The maximum Gasteiger partial charge on any atom is 0.263 e. The Morgan fingerprint density at radius 1 is 0.977 bits per heavy atom. The summed E-state index contributed by atoms with van der Waals surface area (Å²) in [4.78, 5) is 31.5. The minimum Gasteiger partial charge on any atom is -0.351 e. The number of benzene rings is 2. The monoisotopic (exact) mass is 652 g/mol. The molecule has 2 N–H and O–H groups in total. The first-order valence-corrected chi connectivity index (χ1v) is 17.2. The third-order valence-corrected chi connectivity index (χ3v) is 11.8. The second kappa shape index (κ2) is 13.2. The fourth-order valence-corrected chi connectivity index (χ4v) is 8.58. The van der Waals surface area contributed by atoms with E-state index in [1.165, 1.54) is 30.3 Å². The molecule has 1 fully saturated rings. The van der Waals surface area contributed by atoms with Crippen LogP contribution in [0.5, 0.6) is 0 Å². The highest BCUT2D eigenvalue weighted by Gasteiger charge is 2.44. The molecule has 0 aliphatic carbocycles. The van der Waals surface area contributed by atoms with Crippen LogP contribution in [0.1, 0.15) is 31.1 Å². The average molecular weight is 653 g/mol. The van der Waals surface area contributed by atoms with E-state index in [2.05, 4.69) is 10.8 Å². The van der Waals surface area contributed by atoms with E-state index in [9.17, 15) is 30.8 Å². The number of hydroxylamine groups is 1. The zero-order chi connectivity index (χ0) is 31.4. The van der Waals surface area contributed by atoms with Gasteiger partial charge in [0.2, 0.25) is 10.0 Å². The molecule has 43 heavy (non-hydrogen) atoms. The van der Waals surface area contributed by atoms with Crippen LogP contribution in [0.2, 0.25) is 0 Å². The van der Waals surface area contributed by atoms with Crippen molar-refractivity contribution in [2.24, 2.45) is 0 Å². The van der Waals surface area contributed by atoms with Gasteiger partial charge in [-0.15, -0.1) is 11.3 Å². The first-order valence-electron chi connectivity index (χ1n) is 13.3. The number of nitrogens with zero attached hydrogens (tertiary/aromatic N) is 2. The number of carbonyl (C=O) groups excluding carboxylic acids is 2. The quantitative estimate of drug-likeness (QED) is 0.321. The van der Waals surface area contributed by atoms with Gasteiger partial charge in [-0.2, -0.15) is 8.61 Å². The number of hydrogen-bond donors (Lipinski definition) is 2. The maximum absolute atomic E-state index is 13.8. The first kappa shape index (κ1) is 32.7. The van der Waals surface area contributed by atoms with Gasteiger partial charge in [0.15, 0.2) is 0 Å². The number of carbonyl (C=O) groups is 2. The minimum absolute atomic E-state index is 0.0544. The highest BCUT2D eigenvalue weighted by atomic mass is 32.2. The molecule has 1 atom stereocenters. The van der Waals surface area contributed by atoms with Gasteiger partial charge in [-0.1, -0.05) is 30.3 Å². The van der Waals surface area contributed by atoms with E-state index < -0.39 is 61.6 Å². The Bertz CT molecular complexity index is 1660. The van der Waals surface area contributed by atoms with Crippen LogP contribution in [0.4, 0.5) is 4.39 Å². The van der Waals surface area contributed by atoms with Crippen LogP contribution in [0, 0.1) is 5.82 Å². The number of sulfonamides is 2. The van der Waals surface area contributed by atoms with Crippen LogP contribution in [-0.2, 0) is 29.7 Å². The molecule has 11 nitrogen and oxygen atoms in total. The number of thiophene rings is 1. The molecule has 0 bridgehead atoms. The average Bonchev–Trinajstić information content (AvgIpc) is 3.47. The lowest BCUT2D eigenvalue weighted by Gasteiger charge is -2.38. The summed E-state index contributed by atoms with van der Waals surface area (Å²) < 4.78 is 69.3. The van der Waals surface area contributed by atoms with E-state index in [4.69, 9.17) is 4.84 Å². The van der Waals surface area contributed by atoms with Crippen LogP contribution in [0.25, 0.3) is 10.4 Å². The highest BCUT2D eigenvalue weighted by molar-refractivity contribution is 7.91. The van der Waals surface area contributed by atoms with Gasteiger partial charge in [0.1, 0.15) is 16.1 Å². The lowest BCUT2D eigenvalue weighted by Crippen LogP contribution is -2.62. The summed E-state index contributed by atoms with van der Waals surface area (Å²) in [5.41, 5.74) is 2.48. The number of amides is 2. The third-order valence-electron chi connectivity index (χ3n) is 6.40. The van der Waals surface area contributed by atoms with Crippen LogP contribution >= 0.6 is 11.3 Å². The van der Waals surface area contributed by atoms with Crippen LogP contribution in [0.15, 0.2) is 70.9 Å². The Kier molecular flexibility index (Phi) is 10.0. The molecule has 2 aromatic carbocycles. The van der Waals surface area contributed by atoms with E-state index in [0.29, 0.717) is 16.0 Å². The van der Waals surface area contributed by atoms with Gasteiger partial charge in [0.25, 0.3) is 21.8 Å². The number of piperazine rings is 1. The van der Waals surface area contributed by atoms with Gasteiger partial charge in [0.05, 0.1) is 11.4 Å². The molecule has 1 aliphatic heterocycles. The lowest BCUT2D eigenvalue weighted by molar-refractivity contribution is -0.150. The van der Waals surface area contributed by atoms with Crippen molar-refractivity contribution in [2.75, 3.05) is 31.9 Å². The Morgan fingerprint density at radius 2 is 1.65 bits per heavy atom. The summed E-state index contributed by atoms with van der Waals surface area (Å²) in [6.07, 6.45) is 0. The van der Waals surface area contributed by atoms with Crippen molar-refractivity contribution < 1.29 is 35.7 Å². The number of halogens is 1. The summed E-state index contributed by atoms with van der Waals surface area (Å²) >= 11 is 0.955. The van der Waals surface area contributed by atoms with Crippen molar-refractivity contribution in [1.82, 2.24) is 19.4 Å². The van der Waals surface area contributed by atoms with E-state index >= 15 is 0 Å². The van der Waals surface area contributed by atoms with Crippen molar-refractivity contribution >= 4 is 43.2 Å². The van der Waals surface area contributed by atoms with Crippen molar-refractivity contribution in [3.05, 3.63) is 78.1 Å². The van der Waals surface area contributed by atoms with Crippen molar-refractivity contribution in [3.63, 3.8) is 0 Å². The molecular formula is C28H33FN4O7S3. The van der Waals surface area contributed by atoms with Crippen LogP contribution in [-0.4, -0.2) is 80.8 Å². The summed E-state index contributed by atoms with van der Waals surface area (Å²) in [7, 11) is -8.24. The van der Waals surface area contributed by atoms with Gasteiger partial charge in [-0.25, -0.2) is 26.7 Å². The number of rotatable bonds is 10. The molecule has 1 aromatic heterocycles. The molecule has 2 amide bonds. The molecule has 4 rings (SSSR count). The molecule has 0 radical (unpaired) electrons. The van der Waals surface area contributed by atoms with Gasteiger partial charge in [-0.3, -0.25) is 14.4 Å². The second-order valence-electron chi connectivity index (χ2n) is 10.7. The SMILES string of the molecule is CC(C)(C)ONC(=O)[C@H]1CN(S(=O)(=O)CCNC(=O)c2ccccc2)CCN1S(=O)(=O)c1ccc(-c2ccc(F)cc2)s1. The van der Waals surface area contributed by atoms with Crippen molar-refractivity contribution in [2.45, 2.75) is 36.6 Å². The zero-order valence-electron chi connectivity index (χ0n) is 23.8. The predicted octanol–water partition coefficient (Wildman–Crippen LogP) is 2.84. The summed E-state index contributed by atoms with van der Waals surface area (Å²) in [5.74, 6) is -2.13. The lowest BCUT2D eigenvalue weighted by atomic mass is 10.2. The fourth-order valence-electron chi connectivity index (χ4n) is 4.22. The van der Waals surface area contributed by atoms with Gasteiger partial charge in [0, 0.05) is 36.6 Å². The minimum atomic E-state index is -4.25. The van der Waals surface area contributed by atoms with Crippen LogP contribution < -0.4 is 10.8 Å². The molecular weight excluding hydrogens is 620 g/mol. The van der Waals surface area contributed by atoms with E-state index in [1.807, 2.05) is 0 Å². The standard InChI is InChI=1S/C28H33FN4O7S3/c1-28(2,3)40-31-27(35)23-19-32(42(36,37)18-15-30-26(34)21-7-5-4-6-8-21)16-17-33(23)43(38,39)25-14-13-24(41-25)20-9-11-22(29)12-10-20/h4-14,23H,15-19H2,1-3H3,(H,30,34)(H,31,35)/t23-/m1/s1. The smallest absolute Gasteiger partial charge is 0.263 e. The Hall–Kier alpha value is -3.21. The largest absolute Gasteiger partial charge is 0.351 e. The van der Waals surface area contributed by atoms with E-state index in [-0.39, 0.29) is 23.8 Å². The van der Waals surface area contributed by atoms with Crippen molar-refractivity contribution in [3.8, 4) is 10.4 Å². The zero-order valence-corrected chi connectivity index (χ0v) is 26.3. The third kappa shape index (κ3) is 8.25. The first-order chi connectivity index (χ1) is 20.2. The van der Waals surface area contributed by atoms with Gasteiger partial charge in [-0.05, 0) is 62.7 Å². The predicted molar refractivity (Wildman–Crippen MR) is 161 cm³/mol. The Morgan fingerprint density at radius 3 is 2.30 bits per heavy atom. The topological polar surface area (TPSA) is 142 Å². The second-order valence-corrected chi connectivity index (χ2v) is 16.0. The molecule has 2 heterocycles.